The fourth-order valence-electron chi connectivity index (χ4n) is 2.66. The van der Waals surface area contributed by atoms with Gasteiger partial charge in [0.25, 0.3) is 0 Å². The molecule has 0 saturated heterocycles. The van der Waals surface area contributed by atoms with Crippen LogP contribution in [0.4, 0.5) is 0 Å². The minimum atomic E-state index is -0.397. The van der Waals surface area contributed by atoms with Crippen LogP contribution in [0.1, 0.15) is 47.2 Å². The number of esters is 1. The molecule has 2 aromatic heterocycles. The van der Waals surface area contributed by atoms with E-state index in [0.29, 0.717) is 17.9 Å². The number of rotatable bonds is 6. The Morgan fingerprint density at radius 3 is 2.88 bits per heavy atom. The monoisotopic (exact) mass is 339 g/mol. The maximum Gasteiger partial charge on any atom is 0.339 e. The molecule has 0 amide bonds. The average Bonchev–Trinajstić information content (AvgIpc) is 3.05. The summed E-state index contributed by atoms with van der Waals surface area (Å²) in [4.78, 5) is 17.1. The van der Waals surface area contributed by atoms with Crippen molar-refractivity contribution in [2.24, 2.45) is 0 Å². The van der Waals surface area contributed by atoms with Crippen LogP contribution in [-0.4, -0.2) is 31.2 Å². The zero-order chi connectivity index (χ0) is 17.8. The third-order valence-corrected chi connectivity index (χ3v) is 3.97. The topological polar surface area (TPSA) is 82.8 Å². The molecule has 0 bridgehead atoms. The molecular weight excluding hydrogens is 318 g/mol. The van der Waals surface area contributed by atoms with E-state index in [1.165, 1.54) is 0 Å². The number of nitrogens with zero attached hydrogens (tertiary/aromatic N) is 5. The summed E-state index contributed by atoms with van der Waals surface area (Å²) in [5.41, 5.74) is 3.14. The van der Waals surface area contributed by atoms with E-state index >= 15 is 0 Å². The third-order valence-electron chi connectivity index (χ3n) is 3.97. The summed E-state index contributed by atoms with van der Waals surface area (Å²) in [6.45, 7) is 6.71. The molecule has 2 heterocycles. The summed E-state index contributed by atoms with van der Waals surface area (Å²) in [6.07, 6.45) is 2.01. The third kappa shape index (κ3) is 3.81. The fraction of sp³-hybridized carbons (Fsp3) is 0.389. The van der Waals surface area contributed by atoms with Crippen molar-refractivity contribution in [1.29, 1.82) is 0 Å². The molecular formula is C18H21N5O2. The molecule has 0 spiro atoms. The first kappa shape index (κ1) is 17.0. The Hall–Kier alpha value is -2.83. The van der Waals surface area contributed by atoms with Crippen LogP contribution in [0.3, 0.4) is 0 Å². The van der Waals surface area contributed by atoms with Gasteiger partial charge in [0.15, 0.2) is 12.4 Å². The summed E-state index contributed by atoms with van der Waals surface area (Å²) in [7, 11) is 0. The molecule has 0 aliphatic carbocycles. The van der Waals surface area contributed by atoms with Crippen LogP contribution in [-0.2, 0) is 17.9 Å². The minimum Gasteiger partial charge on any atom is -0.454 e. The number of ether oxygens (including phenoxy) is 1. The molecule has 0 saturated carbocycles. The predicted molar refractivity (Wildman–Crippen MR) is 93.1 cm³/mol. The highest BCUT2D eigenvalue weighted by Gasteiger charge is 2.15. The van der Waals surface area contributed by atoms with E-state index < -0.39 is 5.97 Å². The molecule has 0 unspecified atom stereocenters. The molecule has 7 nitrogen and oxygen atoms in total. The lowest BCUT2D eigenvalue weighted by Gasteiger charge is -2.09. The van der Waals surface area contributed by atoms with Crippen molar-refractivity contribution < 1.29 is 9.53 Å². The number of hydrogen-bond acceptors (Lipinski definition) is 6. The van der Waals surface area contributed by atoms with E-state index in [2.05, 4.69) is 27.4 Å². The number of tetrazole rings is 1. The second-order valence-corrected chi connectivity index (χ2v) is 6.08. The number of carbonyl (C=O) groups excluding carboxylic acids is 1. The normalized spacial score (nSPS) is 11.0. The lowest BCUT2D eigenvalue weighted by atomic mass is 10.1. The van der Waals surface area contributed by atoms with Crippen molar-refractivity contribution in [3.63, 3.8) is 0 Å². The predicted octanol–water partition coefficient (Wildman–Crippen LogP) is 3.00. The first-order valence-corrected chi connectivity index (χ1v) is 8.38. The Labute approximate surface area is 146 Å². The van der Waals surface area contributed by atoms with Gasteiger partial charge < -0.3 is 4.74 Å². The van der Waals surface area contributed by atoms with Gasteiger partial charge in [-0.15, -0.1) is 5.10 Å². The van der Waals surface area contributed by atoms with E-state index in [1.54, 1.807) is 10.7 Å². The van der Waals surface area contributed by atoms with Crippen molar-refractivity contribution in [2.45, 2.75) is 46.8 Å². The molecule has 0 aliphatic rings. The van der Waals surface area contributed by atoms with Crippen molar-refractivity contribution in [1.82, 2.24) is 25.2 Å². The van der Waals surface area contributed by atoms with Crippen LogP contribution in [0, 0.1) is 13.8 Å². The van der Waals surface area contributed by atoms with E-state index in [4.69, 9.17) is 4.74 Å². The Bertz CT molecular complexity index is 904. The molecule has 0 atom stereocenters. The number of aryl methyl sites for hydroxylation is 3. The highest BCUT2D eigenvalue weighted by atomic mass is 16.5. The summed E-state index contributed by atoms with van der Waals surface area (Å²) < 4.78 is 7.14. The molecule has 3 rings (SSSR count). The molecule has 7 heteroatoms. The van der Waals surface area contributed by atoms with E-state index in [-0.39, 0.29) is 6.61 Å². The number of benzene rings is 1. The van der Waals surface area contributed by atoms with Crippen LogP contribution >= 0.6 is 0 Å². The quantitative estimate of drug-likeness (QED) is 0.642. The van der Waals surface area contributed by atoms with Crippen molar-refractivity contribution >= 4 is 16.9 Å². The average molecular weight is 339 g/mol. The Morgan fingerprint density at radius 1 is 1.24 bits per heavy atom. The number of pyridine rings is 1. The van der Waals surface area contributed by atoms with Gasteiger partial charge in [-0.05, 0) is 48.9 Å². The van der Waals surface area contributed by atoms with Gasteiger partial charge >= 0.3 is 5.97 Å². The van der Waals surface area contributed by atoms with Crippen LogP contribution in [0.2, 0.25) is 0 Å². The van der Waals surface area contributed by atoms with Crippen LogP contribution in [0.15, 0.2) is 24.3 Å². The first-order chi connectivity index (χ1) is 12.1. The van der Waals surface area contributed by atoms with Crippen molar-refractivity contribution in [3.05, 3.63) is 46.9 Å². The Balaban J connectivity index is 1.81. The van der Waals surface area contributed by atoms with Gasteiger partial charge in [-0.25, -0.2) is 9.48 Å². The zero-order valence-electron chi connectivity index (χ0n) is 14.7. The smallest absolute Gasteiger partial charge is 0.339 e. The Morgan fingerprint density at radius 2 is 2.08 bits per heavy atom. The number of hydrogen-bond donors (Lipinski definition) is 0. The minimum absolute atomic E-state index is 0.0459. The SMILES string of the molecule is CCCCn1nnnc1COC(=O)c1cc(C)nc2ccc(C)cc12. The maximum atomic E-state index is 12.6. The highest BCUT2D eigenvalue weighted by molar-refractivity contribution is 6.03. The van der Waals surface area contributed by atoms with Crippen LogP contribution in [0.5, 0.6) is 0 Å². The molecule has 0 aliphatic heterocycles. The molecule has 0 radical (unpaired) electrons. The summed E-state index contributed by atoms with van der Waals surface area (Å²) in [5, 5.41) is 12.3. The van der Waals surface area contributed by atoms with E-state index in [1.807, 2.05) is 32.0 Å². The molecule has 130 valence electrons. The van der Waals surface area contributed by atoms with E-state index in [0.717, 1.165) is 35.0 Å². The largest absolute Gasteiger partial charge is 0.454 e. The summed E-state index contributed by atoms with van der Waals surface area (Å²) in [5.74, 6) is 0.152. The van der Waals surface area contributed by atoms with Gasteiger partial charge in [-0.3, -0.25) is 4.98 Å². The summed E-state index contributed by atoms with van der Waals surface area (Å²) >= 11 is 0. The van der Waals surface area contributed by atoms with Crippen molar-refractivity contribution in [2.75, 3.05) is 0 Å². The first-order valence-electron chi connectivity index (χ1n) is 8.38. The molecule has 1 aromatic carbocycles. The van der Waals surface area contributed by atoms with Crippen LogP contribution in [0.25, 0.3) is 10.9 Å². The lowest BCUT2D eigenvalue weighted by molar-refractivity contribution is 0.0458. The highest BCUT2D eigenvalue weighted by Crippen LogP contribution is 2.21. The number of carbonyl (C=O) groups is 1. The molecule has 3 aromatic rings. The van der Waals surface area contributed by atoms with Gasteiger partial charge in [0.2, 0.25) is 0 Å². The molecule has 0 N–H and O–H groups in total. The van der Waals surface area contributed by atoms with Crippen molar-refractivity contribution in [3.8, 4) is 0 Å². The van der Waals surface area contributed by atoms with E-state index in [9.17, 15) is 4.79 Å². The molecule has 0 fully saturated rings. The van der Waals surface area contributed by atoms with Gasteiger partial charge in [0.05, 0.1) is 11.1 Å². The number of fused-ring (bicyclic) bond motifs is 1. The van der Waals surface area contributed by atoms with Crippen LogP contribution < -0.4 is 0 Å². The van der Waals surface area contributed by atoms with Gasteiger partial charge in [-0.1, -0.05) is 25.0 Å². The van der Waals surface area contributed by atoms with Gasteiger partial charge in [-0.2, -0.15) is 0 Å². The Kier molecular flexibility index (Phi) is 5.02. The zero-order valence-corrected chi connectivity index (χ0v) is 14.7. The van der Waals surface area contributed by atoms with Gasteiger partial charge in [0, 0.05) is 17.6 Å². The maximum absolute atomic E-state index is 12.6. The standard InChI is InChI=1S/C18H21N5O2/c1-4-5-8-23-17(20-21-22-23)11-25-18(24)15-10-13(3)19-16-7-6-12(2)9-14(15)16/h6-7,9-10H,4-5,8,11H2,1-3H3. The second kappa shape index (κ2) is 7.38. The number of aromatic nitrogens is 5. The fourth-order valence-corrected chi connectivity index (χ4v) is 2.66. The van der Waals surface area contributed by atoms with Gasteiger partial charge in [0.1, 0.15) is 0 Å². The second-order valence-electron chi connectivity index (χ2n) is 6.08. The molecule has 25 heavy (non-hydrogen) atoms. The number of unbranched alkanes of at least 4 members (excludes halogenated alkanes) is 1. The summed E-state index contributed by atoms with van der Waals surface area (Å²) in [6, 6.07) is 7.60. The lowest BCUT2D eigenvalue weighted by Crippen LogP contribution is -2.12.